The molecule has 2 aromatic rings. The van der Waals surface area contributed by atoms with Gasteiger partial charge in [0, 0.05) is 56.9 Å². The van der Waals surface area contributed by atoms with Gasteiger partial charge in [0.25, 0.3) is 0 Å². The van der Waals surface area contributed by atoms with Crippen LogP contribution in [0.3, 0.4) is 0 Å². The molecule has 132 valence electrons. The number of nitrogens with zero attached hydrogens (tertiary/aromatic N) is 4. The van der Waals surface area contributed by atoms with Crippen molar-refractivity contribution in [2.75, 3.05) is 42.9 Å². The fraction of sp³-hybridized carbons (Fsp3) is 0.353. The highest BCUT2D eigenvalue weighted by Gasteiger charge is 2.21. The number of nitrogens with two attached hydrogens (primary N) is 1. The molecule has 2 heterocycles. The number of piperazine rings is 1. The normalized spacial score (nSPS) is 15.2. The number of rotatable bonds is 5. The first-order valence-electron chi connectivity index (χ1n) is 8.17. The zero-order valence-corrected chi connectivity index (χ0v) is 14.2. The van der Waals surface area contributed by atoms with Crippen molar-refractivity contribution >= 4 is 23.5 Å². The number of hydrogen-bond donors (Lipinski definition) is 2. The standard InChI is InChI=1S/C17H22N6O2/c1-21-7-6-19-17(21)23-10-8-22(9-11-23)12-15(24)20-14-4-2-13(3-5-14)16(18)25/h2-7H,8-12H2,1H3,(H2,18,25)(H,20,24). The molecule has 8 nitrogen and oxygen atoms in total. The number of hydrogen-bond acceptors (Lipinski definition) is 5. The molecule has 3 rings (SSSR count). The third-order valence-corrected chi connectivity index (χ3v) is 4.27. The molecule has 0 aliphatic carbocycles. The Bertz CT molecular complexity index is 747. The average molecular weight is 342 g/mol. The Morgan fingerprint density at radius 2 is 1.84 bits per heavy atom. The lowest BCUT2D eigenvalue weighted by Crippen LogP contribution is -2.49. The molecular formula is C17H22N6O2. The molecule has 1 saturated heterocycles. The van der Waals surface area contributed by atoms with Crippen LogP contribution in [-0.4, -0.2) is 59.0 Å². The van der Waals surface area contributed by atoms with E-state index in [1.54, 1.807) is 30.5 Å². The van der Waals surface area contributed by atoms with Gasteiger partial charge in [-0.05, 0) is 24.3 Å². The molecule has 1 aromatic heterocycles. The van der Waals surface area contributed by atoms with Crippen LogP contribution in [0.4, 0.5) is 11.6 Å². The van der Waals surface area contributed by atoms with E-state index in [2.05, 4.69) is 20.1 Å². The van der Waals surface area contributed by atoms with Crippen LogP contribution in [0.1, 0.15) is 10.4 Å². The second kappa shape index (κ2) is 7.35. The van der Waals surface area contributed by atoms with Crippen molar-refractivity contribution in [3.8, 4) is 0 Å². The van der Waals surface area contributed by atoms with Crippen molar-refractivity contribution in [1.29, 1.82) is 0 Å². The summed E-state index contributed by atoms with van der Waals surface area (Å²) in [6.07, 6.45) is 3.72. The van der Waals surface area contributed by atoms with Crippen LogP contribution in [0.15, 0.2) is 36.7 Å². The van der Waals surface area contributed by atoms with E-state index < -0.39 is 5.91 Å². The fourth-order valence-corrected chi connectivity index (χ4v) is 2.89. The number of benzene rings is 1. The zero-order chi connectivity index (χ0) is 17.8. The first-order valence-corrected chi connectivity index (χ1v) is 8.17. The van der Waals surface area contributed by atoms with E-state index in [4.69, 9.17) is 5.73 Å². The van der Waals surface area contributed by atoms with Gasteiger partial charge in [-0.2, -0.15) is 0 Å². The van der Waals surface area contributed by atoms with Gasteiger partial charge >= 0.3 is 0 Å². The lowest BCUT2D eigenvalue weighted by atomic mass is 10.2. The molecule has 1 fully saturated rings. The molecule has 1 aromatic carbocycles. The molecule has 0 radical (unpaired) electrons. The van der Waals surface area contributed by atoms with Crippen LogP contribution in [0.5, 0.6) is 0 Å². The summed E-state index contributed by atoms with van der Waals surface area (Å²) in [5, 5.41) is 2.84. The summed E-state index contributed by atoms with van der Waals surface area (Å²) in [5.41, 5.74) is 6.28. The summed E-state index contributed by atoms with van der Waals surface area (Å²) in [4.78, 5) is 31.9. The Kier molecular flexibility index (Phi) is 4.99. The molecule has 2 amide bonds. The maximum Gasteiger partial charge on any atom is 0.248 e. The zero-order valence-electron chi connectivity index (χ0n) is 14.2. The third kappa shape index (κ3) is 4.16. The highest BCUT2D eigenvalue weighted by atomic mass is 16.2. The van der Waals surface area contributed by atoms with Crippen molar-refractivity contribution in [3.63, 3.8) is 0 Å². The van der Waals surface area contributed by atoms with E-state index in [-0.39, 0.29) is 5.91 Å². The lowest BCUT2D eigenvalue weighted by Gasteiger charge is -2.34. The van der Waals surface area contributed by atoms with Gasteiger partial charge in [-0.25, -0.2) is 4.98 Å². The molecule has 0 bridgehead atoms. The van der Waals surface area contributed by atoms with Crippen molar-refractivity contribution in [3.05, 3.63) is 42.2 Å². The molecule has 1 aliphatic heterocycles. The Hall–Kier alpha value is -2.87. The third-order valence-electron chi connectivity index (χ3n) is 4.27. The summed E-state index contributed by atoms with van der Waals surface area (Å²) in [5.74, 6) is 0.402. The van der Waals surface area contributed by atoms with Crippen LogP contribution in [0, 0.1) is 0 Å². The second-order valence-corrected chi connectivity index (χ2v) is 6.09. The van der Waals surface area contributed by atoms with Crippen LogP contribution >= 0.6 is 0 Å². The highest BCUT2D eigenvalue weighted by Crippen LogP contribution is 2.13. The lowest BCUT2D eigenvalue weighted by molar-refractivity contribution is -0.117. The molecule has 3 N–H and O–H groups in total. The summed E-state index contributed by atoms with van der Waals surface area (Å²) in [7, 11) is 1.98. The van der Waals surface area contributed by atoms with Crippen molar-refractivity contribution < 1.29 is 9.59 Å². The summed E-state index contributed by atoms with van der Waals surface area (Å²) in [6.45, 7) is 3.63. The van der Waals surface area contributed by atoms with E-state index in [0.29, 0.717) is 17.8 Å². The minimum absolute atomic E-state index is 0.0720. The quantitative estimate of drug-likeness (QED) is 0.814. The molecule has 0 unspecified atom stereocenters. The minimum Gasteiger partial charge on any atom is -0.366 e. The van der Waals surface area contributed by atoms with Crippen LogP contribution in [0.25, 0.3) is 0 Å². The maximum atomic E-state index is 12.2. The van der Waals surface area contributed by atoms with Crippen molar-refractivity contribution in [1.82, 2.24) is 14.5 Å². The predicted molar refractivity (Wildman–Crippen MR) is 95.5 cm³/mol. The number of amides is 2. The van der Waals surface area contributed by atoms with Crippen LogP contribution in [0.2, 0.25) is 0 Å². The van der Waals surface area contributed by atoms with Gasteiger partial charge in [0.1, 0.15) is 0 Å². The van der Waals surface area contributed by atoms with E-state index in [1.807, 2.05) is 17.8 Å². The smallest absolute Gasteiger partial charge is 0.248 e. The predicted octanol–water partition coefficient (Wildman–Crippen LogP) is 0.280. The summed E-state index contributed by atoms with van der Waals surface area (Å²) < 4.78 is 2.00. The van der Waals surface area contributed by atoms with E-state index in [9.17, 15) is 9.59 Å². The van der Waals surface area contributed by atoms with Crippen LogP contribution in [-0.2, 0) is 11.8 Å². The van der Waals surface area contributed by atoms with E-state index >= 15 is 0 Å². The van der Waals surface area contributed by atoms with Gasteiger partial charge in [0.2, 0.25) is 17.8 Å². The molecule has 0 saturated carbocycles. The average Bonchev–Trinajstić information content (AvgIpc) is 3.02. The topological polar surface area (TPSA) is 96.5 Å². The van der Waals surface area contributed by atoms with Gasteiger partial charge in [-0.1, -0.05) is 0 Å². The Morgan fingerprint density at radius 1 is 1.16 bits per heavy atom. The number of aromatic nitrogens is 2. The minimum atomic E-state index is -0.483. The number of carbonyl (C=O) groups excluding carboxylic acids is 2. The van der Waals surface area contributed by atoms with E-state index in [1.165, 1.54) is 0 Å². The van der Waals surface area contributed by atoms with Gasteiger partial charge in [-0.15, -0.1) is 0 Å². The number of imidazole rings is 1. The summed E-state index contributed by atoms with van der Waals surface area (Å²) >= 11 is 0. The largest absolute Gasteiger partial charge is 0.366 e. The van der Waals surface area contributed by atoms with Gasteiger partial charge < -0.3 is 20.5 Å². The van der Waals surface area contributed by atoms with E-state index in [0.717, 1.165) is 32.1 Å². The number of primary amides is 1. The molecule has 1 aliphatic rings. The molecule has 25 heavy (non-hydrogen) atoms. The Labute approximate surface area is 146 Å². The van der Waals surface area contributed by atoms with Gasteiger partial charge in [-0.3, -0.25) is 14.5 Å². The molecule has 0 spiro atoms. The monoisotopic (exact) mass is 342 g/mol. The number of aryl methyl sites for hydroxylation is 1. The van der Waals surface area contributed by atoms with Crippen molar-refractivity contribution in [2.45, 2.75) is 0 Å². The maximum absolute atomic E-state index is 12.2. The Morgan fingerprint density at radius 3 is 2.40 bits per heavy atom. The van der Waals surface area contributed by atoms with Gasteiger partial charge in [0.05, 0.1) is 6.54 Å². The van der Waals surface area contributed by atoms with Crippen molar-refractivity contribution in [2.24, 2.45) is 12.8 Å². The Balaban J connectivity index is 1.48. The first kappa shape index (κ1) is 17.0. The first-order chi connectivity index (χ1) is 12.0. The van der Waals surface area contributed by atoms with Gasteiger partial charge in [0.15, 0.2) is 0 Å². The number of nitrogens with one attached hydrogen (secondary N) is 1. The SMILES string of the molecule is Cn1ccnc1N1CCN(CC(=O)Nc2ccc(C(N)=O)cc2)CC1. The summed E-state index contributed by atoms with van der Waals surface area (Å²) in [6, 6.07) is 6.56. The number of anilines is 2. The fourth-order valence-electron chi connectivity index (χ4n) is 2.89. The molecule has 0 atom stereocenters. The molecular weight excluding hydrogens is 320 g/mol. The number of carbonyl (C=O) groups is 2. The highest BCUT2D eigenvalue weighted by molar-refractivity contribution is 5.95. The molecule has 8 heteroatoms. The van der Waals surface area contributed by atoms with Crippen LogP contribution < -0.4 is 16.0 Å². The second-order valence-electron chi connectivity index (χ2n) is 6.09.